The van der Waals surface area contributed by atoms with E-state index in [1.807, 2.05) is 0 Å². The van der Waals surface area contributed by atoms with Gasteiger partial charge in [-0.15, -0.1) is 0 Å². The minimum Gasteiger partial charge on any atom is -0.481 e. The first-order valence-electron chi connectivity index (χ1n) is 7.11. The van der Waals surface area contributed by atoms with Crippen LogP contribution in [0.4, 0.5) is 0 Å². The zero-order valence-corrected chi connectivity index (χ0v) is 15.7. The molecule has 0 aliphatic heterocycles. The van der Waals surface area contributed by atoms with E-state index in [1.165, 1.54) is 18.2 Å². The lowest BCUT2D eigenvalue weighted by molar-refractivity contribution is -0.132. The van der Waals surface area contributed by atoms with Crippen molar-refractivity contribution >= 4 is 46.7 Å². The number of nitrogens with one attached hydrogen (secondary N) is 1. The molecule has 5 nitrogen and oxygen atoms in total. The lowest BCUT2D eigenvalue weighted by Gasteiger charge is -2.26. The number of carbonyl (C=O) groups is 2. The van der Waals surface area contributed by atoms with Crippen LogP contribution in [0.25, 0.3) is 0 Å². The summed E-state index contributed by atoms with van der Waals surface area (Å²) in [6.07, 6.45) is 1.95. The number of carboxylic acids is 1. The van der Waals surface area contributed by atoms with Crippen LogP contribution < -0.4 is 10.1 Å². The smallest absolute Gasteiger partial charge is 0.328 e. The lowest BCUT2D eigenvalue weighted by atomic mass is 10.0. The maximum absolute atomic E-state index is 12.4. The Morgan fingerprint density at radius 1 is 1.29 bits per heavy atom. The Morgan fingerprint density at radius 3 is 2.29 bits per heavy atom. The molecule has 1 aromatic rings. The van der Waals surface area contributed by atoms with E-state index in [2.05, 4.69) is 5.32 Å². The summed E-state index contributed by atoms with van der Waals surface area (Å²) in [5, 5.41) is 12.0. The highest BCUT2D eigenvalue weighted by atomic mass is 35.5. The summed E-state index contributed by atoms with van der Waals surface area (Å²) < 4.78 is 5.63. The molecule has 0 fully saturated rings. The van der Waals surface area contributed by atoms with Crippen LogP contribution in [0.2, 0.25) is 15.1 Å². The van der Waals surface area contributed by atoms with Crippen LogP contribution in [0.5, 0.6) is 5.75 Å². The fourth-order valence-electron chi connectivity index (χ4n) is 1.81. The van der Waals surface area contributed by atoms with Gasteiger partial charge in [0.1, 0.15) is 5.75 Å². The summed E-state index contributed by atoms with van der Waals surface area (Å²) in [6, 6.07) is 2.95. The van der Waals surface area contributed by atoms with Crippen molar-refractivity contribution in [2.75, 3.05) is 0 Å². The Bertz CT molecular complexity index is 636. The Balaban J connectivity index is 2.86. The summed E-state index contributed by atoms with van der Waals surface area (Å²) in [5.74, 6) is -1.17. The molecular weight excluding hydrogens is 377 g/mol. The van der Waals surface area contributed by atoms with Crippen molar-refractivity contribution in [3.63, 3.8) is 0 Å². The standard InChI is InChI=1S/C16H18Cl3NO4/c1-4-12(15(23)20-16(2,3)6-5-13(21)22)24-9-7-10(17)14(19)11(18)8-9/h5-8,12H,4H2,1-3H3,(H,20,23)(H,21,22)/b6-5+/t12-/m0/s1. The maximum Gasteiger partial charge on any atom is 0.328 e. The van der Waals surface area contributed by atoms with Crippen molar-refractivity contribution in [1.82, 2.24) is 5.32 Å². The third kappa shape index (κ3) is 6.23. The Labute approximate surface area is 155 Å². The normalized spacial score (nSPS) is 12.9. The van der Waals surface area contributed by atoms with E-state index in [4.69, 9.17) is 44.6 Å². The van der Waals surface area contributed by atoms with Crippen molar-refractivity contribution < 1.29 is 19.4 Å². The third-order valence-corrected chi connectivity index (χ3v) is 4.18. The van der Waals surface area contributed by atoms with Crippen LogP contribution in [0.15, 0.2) is 24.3 Å². The molecule has 132 valence electrons. The number of carboxylic acid groups (broad SMARTS) is 1. The Hall–Kier alpha value is -1.43. The van der Waals surface area contributed by atoms with E-state index >= 15 is 0 Å². The fourth-order valence-corrected chi connectivity index (χ4v) is 2.38. The molecule has 0 aliphatic carbocycles. The SMILES string of the molecule is CC[C@H](Oc1cc(Cl)c(Cl)c(Cl)c1)C(=O)NC(C)(C)/C=C/C(=O)O. The van der Waals surface area contributed by atoms with Crippen molar-refractivity contribution in [3.05, 3.63) is 39.4 Å². The zero-order valence-electron chi connectivity index (χ0n) is 13.4. The van der Waals surface area contributed by atoms with Gasteiger partial charge < -0.3 is 15.2 Å². The van der Waals surface area contributed by atoms with Crippen molar-refractivity contribution in [2.24, 2.45) is 0 Å². The second-order valence-electron chi connectivity index (χ2n) is 5.60. The number of hydrogen-bond acceptors (Lipinski definition) is 3. The molecule has 0 aromatic heterocycles. The van der Waals surface area contributed by atoms with Gasteiger partial charge in [-0.3, -0.25) is 4.79 Å². The van der Waals surface area contributed by atoms with Gasteiger partial charge >= 0.3 is 5.97 Å². The fraction of sp³-hybridized carbons (Fsp3) is 0.375. The van der Waals surface area contributed by atoms with Crippen molar-refractivity contribution in [1.29, 1.82) is 0 Å². The molecule has 0 saturated heterocycles. The molecule has 0 aliphatic rings. The minimum absolute atomic E-state index is 0.211. The molecule has 0 heterocycles. The number of carbonyl (C=O) groups excluding carboxylic acids is 1. The van der Waals surface area contributed by atoms with Crippen LogP contribution in [-0.4, -0.2) is 28.6 Å². The highest BCUT2D eigenvalue weighted by Gasteiger charge is 2.25. The van der Waals surface area contributed by atoms with Crippen molar-refractivity contribution in [2.45, 2.75) is 38.8 Å². The number of aliphatic carboxylic acids is 1. The molecule has 8 heteroatoms. The summed E-state index contributed by atoms with van der Waals surface area (Å²) >= 11 is 17.8. The van der Waals surface area contributed by atoms with Gasteiger partial charge in [-0.1, -0.05) is 47.8 Å². The van der Waals surface area contributed by atoms with E-state index in [0.29, 0.717) is 12.2 Å². The lowest BCUT2D eigenvalue weighted by Crippen LogP contribution is -2.48. The molecule has 1 amide bonds. The van der Waals surface area contributed by atoms with Crippen molar-refractivity contribution in [3.8, 4) is 5.75 Å². The first kappa shape index (κ1) is 20.6. The summed E-state index contributed by atoms with van der Waals surface area (Å²) in [6.45, 7) is 5.13. The Morgan fingerprint density at radius 2 is 1.83 bits per heavy atom. The highest BCUT2D eigenvalue weighted by molar-refractivity contribution is 6.48. The number of rotatable bonds is 7. The third-order valence-electron chi connectivity index (χ3n) is 2.99. The number of halogens is 3. The molecular formula is C16H18Cl3NO4. The predicted molar refractivity (Wildman–Crippen MR) is 95.2 cm³/mol. The quantitative estimate of drug-likeness (QED) is 0.533. The van der Waals surface area contributed by atoms with E-state index < -0.39 is 17.6 Å². The summed E-state index contributed by atoms with van der Waals surface area (Å²) in [5.41, 5.74) is -0.846. The number of amides is 1. The maximum atomic E-state index is 12.4. The van der Waals surface area contributed by atoms with Gasteiger partial charge in [-0.2, -0.15) is 0 Å². The molecule has 0 radical (unpaired) electrons. The molecule has 0 bridgehead atoms. The van der Waals surface area contributed by atoms with Gasteiger partial charge in [0.05, 0.1) is 20.6 Å². The van der Waals surface area contributed by atoms with Gasteiger partial charge in [-0.05, 0) is 20.3 Å². The van der Waals surface area contributed by atoms with Gasteiger partial charge in [0.25, 0.3) is 5.91 Å². The molecule has 0 spiro atoms. The van der Waals surface area contributed by atoms with E-state index in [9.17, 15) is 9.59 Å². The highest BCUT2D eigenvalue weighted by Crippen LogP contribution is 2.34. The van der Waals surface area contributed by atoms with Crippen LogP contribution >= 0.6 is 34.8 Å². The summed E-state index contributed by atoms with van der Waals surface area (Å²) in [7, 11) is 0. The Kier molecular flexibility index (Phi) is 7.39. The van der Waals surface area contributed by atoms with Gasteiger partial charge in [0, 0.05) is 18.2 Å². The summed E-state index contributed by atoms with van der Waals surface area (Å²) in [4.78, 5) is 23.0. The van der Waals surface area contributed by atoms with Gasteiger partial charge in [0.15, 0.2) is 6.10 Å². The predicted octanol–water partition coefficient (Wildman–Crippen LogP) is 4.34. The molecule has 1 rings (SSSR count). The molecule has 0 unspecified atom stereocenters. The molecule has 2 N–H and O–H groups in total. The molecule has 0 saturated carbocycles. The minimum atomic E-state index is -1.09. The second-order valence-corrected chi connectivity index (χ2v) is 6.79. The molecule has 1 aromatic carbocycles. The van der Waals surface area contributed by atoms with Crippen LogP contribution in [0, 0.1) is 0 Å². The van der Waals surface area contributed by atoms with Gasteiger partial charge in [-0.25, -0.2) is 4.79 Å². The molecule has 24 heavy (non-hydrogen) atoms. The van der Waals surface area contributed by atoms with E-state index in [1.54, 1.807) is 20.8 Å². The van der Waals surface area contributed by atoms with Crippen LogP contribution in [0.1, 0.15) is 27.2 Å². The van der Waals surface area contributed by atoms with Gasteiger partial charge in [0.2, 0.25) is 0 Å². The topological polar surface area (TPSA) is 75.6 Å². The monoisotopic (exact) mass is 393 g/mol. The largest absolute Gasteiger partial charge is 0.481 e. The number of ether oxygens (including phenoxy) is 1. The zero-order chi connectivity index (χ0) is 18.5. The number of hydrogen-bond donors (Lipinski definition) is 2. The van der Waals surface area contributed by atoms with E-state index in [0.717, 1.165) is 6.08 Å². The van der Waals surface area contributed by atoms with E-state index in [-0.39, 0.29) is 21.0 Å². The molecule has 1 atom stereocenters. The first-order chi connectivity index (χ1) is 11.1. The van der Waals surface area contributed by atoms with Crippen LogP contribution in [0.3, 0.4) is 0 Å². The average Bonchev–Trinajstić information content (AvgIpc) is 2.47. The number of benzene rings is 1. The first-order valence-corrected chi connectivity index (χ1v) is 8.24. The average molecular weight is 395 g/mol. The second kappa shape index (κ2) is 8.60. The van der Waals surface area contributed by atoms with Crippen LogP contribution in [-0.2, 0) is 9.59 Å².